The van der Waals surface area contributed by atoms with Crippen LogP contribution in [-0.4, -0.2) is 16.6 Å². The zero-order valence-corrected chi connectivity index (χ0v) is 14.2. The Hall–Kier alpha value is -3.17. The first kappa shape index (κ1) is 16.7. The molecule has 0 unspecified atom stereocenters. The van der Waals surface area contributed by atoms with Crippen molar-refractivity contribution in [2.75, 3.05) is 5.01 Å². The third kappa shape index (κ3) is 3.37. The molecule has 0 saturated heterocycles. The second-order valence-electron chi connectivity index (χ2n) is 5.20. The summed E-state index contributed by atoms with van der Waals surface area (Å²) in [5, 5.41) is 15.9. The number of para-hydroxylation sites is 1. The molecule has 2 aromatic rings. The van der Waals surface area contributed by atoms with Crippen molar-refractivity contribution in [1.82, 2.24) is 0 Å². The summed E-state index contributed by atoms with van der Waals surface area (Å²) in [5.41, 5.74) is 1.05. The zero-order valence-electron chi connectivity index (χ0n) is 13.3. The van der Waals surface area contributed by atoms with Crippen molar-refractivity contribution >= 4 is 34.1 Å². The van der Waals surface area contributed by atoms with Crippen LogP contribution in [0.1, 0.15) is 17.3 Å². The normalized spacial score (nSPS) is 15.4. The predicted octanol–water partition coefficient (Wildman–Crippen LogP) is 3.76. The number of hydrogen-bond acceptors (Lipinski definition) is 6. The van der Waals surface area contributed by atoms with E-state index in [-0.39, 0.29) is 16.4 Å². The van der Waals surface area contributed by atoms with E-state index in [0.717, 1.165) is 11.8 Å². The average Bonchev–Trinajstić information content (AvgIpc) is 3.09. The predicted molar refractivity (Wildman–Crippen MR) is 98.0 cm³/mol. The van der Waals surface area contributed by atoms with Crippen LogP contribution in [0.3, 0.4) is 0 Å². The Bertz CT molecular complexity index is 928. The highest BCUT2D eigenvalue weighted by Gasteiger charge is 2.31. The van der Waals surface area contributed by atoms with E-state index in [1.54, 1.807) is 42.5 Å². The number of nitriles is 1. The van der Waals surface area contributed by atoms with Gasteiger partial charge in [-0.3, -0.25) is 9.59 Å². The minimum Gasteiger partial charge on any atom is -0.292 e. The van der Waals surface area contributed by atoms with Gasteiger partial charge in [0.05, 0.1) is 5.69 Å². The fraction of sp³-hybridized carbons (Fsp3) is 0.0526. The minimum absolute atomic E-state index is 0.0416. The lowest BCUT2D eigenvalue weighted by Gasteiger charge is -2.16. The molecule has 6 heteroatoms. The number of anilines is 1. The third-order valence-corrected chi connectivity index (χ3v) is 4.60. The van der Waals surface area contributed by atoms with Crippen LogP contribution >= 0.6 is 11.8 Å². The molecule has 1 heterocycles. The highest BCUT2D eigenvalue weighted by molar-refractivity contribution is 8.19. The number of rotatable bonds is 4. The Kier molecular flexibility index (Phi) is 4.78. The monoisotopic (exact) mass is 347 g/mol. The summed E-state index contributed by atoms with van der Waals surface area (Å²) in [6.45, 7) is 1.41. The van der Waals surface area contributed by atoms with Crippen LogP contribution in [0.2, 0.25) is 0 Å². The van der Waals surface area contributed by atoms with Crippen LogP contribution in [0.25, 0.3) is 0 Å². The molecule has 1 aliphatic heterocycles. The number of benzene rings is 2. The van der Waals surface area contributed by atoms with Crippen LogP contribution in [0.4, 0.5) is 5.69 Å². The van der Waals surface area contributed by atoms with E-state index in [1.807, 2.05) is 24.3 Å². The fourth-order valence-corrected chi connectivity index (χ4v) is 3.19. The van der Waals surface area contributed by atoms with Crippen molar-refractivity contribution in [1.29, 1.82) is 5.26 Å². The molecule has 0 aliphatic carbocycles. The summed E-state index contributed by atoms with van der Waals surface area (Å²) in [7, 11) is 0. The number of allylic oxidation sites excluding steroid dienone is 1. The molecule has 0 N–H and O–H groups in total. The van der Waals surface area contributed by atoms with Gasteiger partial charge in [0.2, 0.25) is 5.78 Å². The molecular formula is C19H13N3O2S. The number of thioether (sulfide) groups is 1. The summed E-state index contributed by atoms with van der Waals surface area (Å²) < 4.78 is 0. The maximum absolute atomic E-state index is 12.8. The summed E-state index contributed by atoms with van der Waals surface area (Å²) in [4.78, 5) is 24.5. The Morgan fingerprint density at radius 3 is 2.20 bits per heavy atom. The SMILES string of the molecule is CC(=O)C1=NN(c2ccccc2)/C(=C(\C#N)C(=O)c2ccccc2)S1. The van der Waals surface area contributed by atoms with Crippen molar-refractivity contribution in [3.63, 3.8) is 0 Å². The van der Waals surface area contributed by atoms with E-state index in [2.05, 4.69) is 5.10 Å². The molecule has 0 bridgehead atoms. The van der Waals surface area contributed by atoms with E-state index in [1.165, 1.54) is 11.9 Å². The molecule has 0 aromatic heterocycles. The highest BCUT2D eigenvalue weighted by atomic mass is 32.2. The smallest absolute Gasteiger partial charge is 0.206 e. The molecule has 0 fully saturated rings. The van der Waals surface area contributed by atoms with Crippen molar-refractivity contribution in [3.8, 4) is 6.07 Å². The first-order valence-corrected chi connectivity index (χ1v) is 8.30. The molecule has 5 nitrogen and oxygen atoms in total. The van der Waals surface area contributed by atoms with Gasteiger partial charge in [0.25, 0.3) is 0 Å². The second kappa shape index (κ2) is 7.16. The molecule has 122 valence electrons. The van der Waals surface area contributed by atoms with Crippen molar-refractivity contribution in [3.05, 3.63) is 76.8 Å². The number of hydrazone groups is 1. The second-order valence-corrected chi connectivity index (χ2v) is 6.18. The molecule has 3 rings (SSSR count). The summed E-state index contributed by atoms with van der Waals surface area (Å²) >= 11 is 1.04. The van der Waals surface area contributed by atoms with Crippen molar-refractivity contribution < 1.29 is 9.59 Å². The number of carbonyl (C=O) groups excluding carboxylic acids is 2. The van der Waals surface area contributed by atoms with Gasteiger partial charge in [-0.2, -0.15) is 10.4 Å². The Morgan fingerprint density at radius 1 is 1.04 bits per heavy atom. The van der Waals surface area contributed by atoms with Crippen molar-refractivity contribution in [2.24, 2.45) is 5.10 Å². The van der Waals surface area contributed by atoms with Gasteiger partial charge >= 0.3 is 0 Å². The topological polar surface area (TPSA) is 73.5 Å². The van der Waals surface area contributed by atoms with Gasteiger partial charge < -0.3 is 0 Å². The maximum atomic E-state index is 12.8. The molecular weight excluding hydrogens is 334 g/mol. The van der Waals surface area contributed by atoms with Gasteiger partial charge in [-0.15, -0.1) is 0 Å². The van der Waals surface area contributed by atoms with Gasteiger partial charge in [-0.1, -0.05) is 48.5 Å². The fourth-order valence-electron chi connectivity index (χ4n) is 2.26. The quantitative estimate of drug-likeness (QED) is 0.478. The van der Waals surface area contributed by atoms with Gasteiger partial charge in [-0.25, -0.2) is 5.01 Å². The van der Waals surface area contributed by atoms with Gasteiger partial charge in [0, 0.05) is 12.5 Å². The van der Waals surface area contributed by atoms with Crippen LogP contribution in [0.5, 0.6) is 0 Å². The third-order valence-electron chi connectivity index (χ3n) is 3.47. The Balaban J connectivity index is 2.11. The summed E-state index contributed by atoms with van der Waals surface area (Å²) in [6.07, 6.45) is 0. The highest BCUT2D eigenvalue weighted by Crippen LogP contribution is 2.37. The zero-order chi connectivity index (χ0) is 17.8. The van der Waals surface area contributed by atoms with E-state index in [9.17, 15) is 14.9 Å². The minimum atomic E-state index is -0.397. The number of ketones is 2. The number of hydrogen-bond donors (Lipinski definition) is 0. The number of carbonyl (C=O) groups is 2. The molecule has 0 amide bonds. The van der Waals surface area contributed by atoms with Gasteiger partial charge in [-0.05, 0) is 23.9 Å². The Morgan fingerprint density at radius 2 is 1.64 bits per heavy atom. The molecule has 0 atom stereocenters. The van der Waals surface area contributed by atoms with E-state index in [0.29, 0.717) is 16.3 Å². The molecule has 1 aliphatic rings. The van der Waals surface area contributed by atoms with Crippen LogP contribution < -0.4 is 5.01 Å². The lowest BCUT2D eigenvalue weighted by molar-refractivity contribution is -0.110. The molecule has 25 heavy (non-hydrogen) atoms. The molecule has 2 aromatic carbocycles. The average molecular weight is 347 g/mol. The largest absolute Gasteiger partial charge is 0.292 e. The summed E-state index contributed by atoms with van der Waals surface area (Å²) in [6, 6.07) is 19.7. The van der Waals surface area contributed by atoms with Crippen LogP contribution in [0, 0.1) is 11.3 Å². The Labute approximate surface area is 149 Å². The van der Waals surface area contributed by atoms with E-state index >= 15 is 0 Å². The first-order valence-electron chi connectivity index (χ1n) is 7.48. The van der Waals surface area contributed by atoms with Gasteiger partial charge in [0.15, 0.2) is 10.8 Å². The van der Waals surface area contributed by atoms with Gasteiger partial charge in [0.1, 0.15) is 16.7 Å². The molecule has 0 radical (unpaired) electrons. The van der Waals surface area contributed by atoms with Crippen molar-refractivity contribution in [2.45, 2.75) is 6.92 Å². The number of Topliss-reactive ketones (excluding diaryl/α,β-unsaturated/α-hetero) is 2. The van der Waals surface area contributed by atoms with E-state index < -0.39 is 5.78 Å². The summed E-state index contributed by atoms with van der Waals surface area (Å²) in [5.74, 6) is -0.614. The first-order chi connectivity index (χ1) is 12.1. The van der Waals surface area contributed by atoms with Crippen LogP contribution in [-0.2, 0) is 4.79 Å². The maximum Gasteiger partial charge on any atom is 0.206 e. The lowest BCUT2D eigenvalue weighted by atomic mass is 10.1. The standard InChI is InChI=1S/C19H13N3O2S/c1-13(23)18-21-22(15-10-6-3-7-11-15)19(25-18)16(12-20)17(24)14-8-4-2-5-9-14/h2-11H,1H3/b19-16-. The lowest BCUT2D eigenvalue weighted by Crippen LogP contribution is -2.15. The van der Waals surface area contributed by atoms with E-state index in [4.69, 9.17) is 0 Å². The molecule has 0 spiro atoms. The van der Waals surface area contributed by atoms with Crippen LogP contribution in [0.15, 0.2) is 76.4 Å². The molecule has 0 saturated carbocycles. The number of nitrogens with zero attached hydrogens (tertiary/aromatic N) is 3.